The standard InChI is InChI=1S/C18H27N3O/c1-18(2,13-20-17(22)16-8-5-10-19-16)21-11-9-14-6-3-4-7-15(14)12-21/h3-4,6-7,16,19H,5,8-13H2,1-2H3,(H,20,22). The highest BCUT2D eigenvalue weighted by Gasteiger charge is 2.31. The van der Waals surface area contributed by atoms with E-state index < -0.39 is 0 Å². The van der Waals surface area contributed by atoms with Crippen LogP contribution in [-0.2, 0) is 17.8 Å². The zero-order chi connectivity index (χ0) is 15.6. The van der Waals surface area contributed by atoms with Crippen LogP contribution in [0.3, 0.4) is 0 Å². The molecule has 1 atom stereocenters. The number of nitrogens with one attached hydrogen (secondary N) is 2. The van der Waals surface area contributed by atoms with Crippen molar-refractivity contribution in [1.29, 1.82) is 0 Å². The third-order valence-corrected chi connectivity index (χ3v) is 5.06. The molecular weight excluding hydrogens is 274 g/mol. The summed E-state index contributed by atoms with van der Waals surface area (Å²) in [6.45, 7) is 8.14. The molecule has 2 aliphatic heterocycles. The first-order chi connectivity index (χ1) is 10.6. The summed E-state index contributed by atoms with van der Waals surface area (Å²) in [4.78, 5) is 14.7. The maximum atomic E-state index is 12.2. The molecule has 1 aromatic carbocycles. The number of carbonyl (C=O) groups excluding carboxylic acids is 1. The SMILES string of the molecule is CC(C)(CNC(=O)C1CCCN1)N1CCc2ccccc2C1. The Hall–Kier alpha value is -1.39. The lowest BCUT2D eigenvalue weighted by Gasteiger charge is -2.41. The van der Waals surface area contributed by atoms with Gasteiger partial charge in [-0.2, -0.15) is 0 Å². The molecule has 120 valence electrons. The van der Waals surface area contributed by atoms with Crippen LogP contribution in [0.25, 0.3) is 0 Å². The summed E-state index contributed by atoms with van der Waals surface area (Å²) >= 11 is 0. The Morgan fingerprint density at radius 3 is 2.86 bits per heavy atom. The summed E-state index contributed by atoms with van der Waals surface area (Å²) in [7, 11) is 0. The van der Waals surface area contributed by atoms with Gasteiger partial charge in [0, 0.05) is 25.2 Å². The van der Waals surface area contributed by atoms with Gasteiger partial charge in [0.05, 0.1) is 6.04 Å². The second kappa shape index (κ2) is 6.39. The molecule has 2 N–H and O–H groups in total. The Balaban J connectivity index is 1.57. The van der Waals surface area contributed by atoms with E-state index in [-0.39, 0.29) is 17.5 Å². The van der Waals surface area contributed by atoms with E-state index in [0.717, 1.165) is 38.9 Å². The molecule has 2 aliphatic rings. The van der Waals surface area contributed by atoms with Gasteiger partial charge in [-0.25, -0.2) is 0 Å². The van der Waals surface area contributed by atoms with Crippen molar-refractivity contribution in [2.45, 2.75) is 51.2 Å². The van der Waals surface area contributed by atoms with Gasteiger partial charge in [0.15, 0.2) is 0 Å². The maximum absolute atomic E-state index is 12.2. The molecule has 2 heterocycles. The van der Waals surface area contributed by atoms with E-state index >= 15 is 0 Å². The second-order valence-electron chi connectivity index (χ2n) is 7.12. The molecule has 3 rings (SSSR count). The van der Waals surface area contributed by atoms with Crippen molar-refractivity contribution in [2.24, 2.45) is 0 Å². The quantitative estimate of drug-likeness (QED) is 0.889. The van der Waals surface area contributed by atoms with Crippen molar-refractivity contribution < 1.29 is 4.79 Å². The first-order valence-corrected chi connectivity index (χ1v) is 8.39. The molecule has 1 amide bonds. The number of nitrogens with zero attached hydrogens (tertiary/aromatic N) is 1. The number of fused-ring (bicyclic) bond motifs is 1. The fourth-order valence-corrected chi connectivity index (χ4v) is 3.46. The van der Waals surface area contributed by atoms with Gasteiger partial charge in [-0.15, -0.1) is 0 Å². The van der Waals surface area contributed by atoms with E-state index in [1.54, 1.807) is 0 Å². The van der Waals surface area contributed by atoms with Gasteiger partial charge in [-0.1, -0.05) is 24.3 Å². The molecule has 0 radical (unpaired) electrons. The number of rotatable bonds is 4. The lowest BCUT2D eigenvalue weighted by molar-refractivity contribution is -0.123. The van der Waals surface area contributed by atoms with E-state index in [1.807, 2.05) is 0 Å². The summed E-state index contributed by atoms with van der Waals surface area (Å²) in [6.07, 6.45) is 3.16. The molecule has 1 unspecified atom stereocenters. The molecule has 0 aliphatic carbocycles. The normalized spacial score (nSPS) is 22.4. The lowest BCUT2D eigenvalue weighted by atomic mass is 9.94. The molecule has 0 spiro atoms. The molecule has 22 heavy (non-hydrogen) atoms. The molecule has 0 bridgehead atoms. The molecule has 1 aromatic rings. The summed E-state index contributed by atoms with van der Waals surface area (Å²) in [6, 6.07) is 8.70. The minimum absolute atomic E-state index is 0.0119. The Morgan fingerprint density at radius 1 is 1.36 bits per heavy atom. The van der Waals surface area contributed by atoms with Gasteiger partial charge in [-0.3, -0.25) is 9.69 Å². The number of benzene rings is 1. The van der Waals surface area contributed by atoms with Crippen LogP contribution >= 0.6 is 0 Å². The Kier molecular flexibility index (Phi) is 4.50. The first-order valence-electron chi connectivity index (χ1n) is 8.39. The van der Waals surface area contributed by atoms with Gasteiger partial charge < -0.3 is 10.6 Å². The van der Waals surface area contributed by atoms with Crippen molar-refractivity contribution in [1.82, 2.24) is 15.5 Å². The van der Waals surface area contributed by atoms with Gasteiger partial charge >= 0.3 is 0 Å². The maximum Gasteiger partial charge on any atom is 0.237 e. The average Bonchev–Trinajstić information content (AvgIpc) is 3.07. The number of hydrogen-bond acceptors (Lipinski definition) is 3. The van der Waals surface area contributed by atoms with Crippen LogP contribution < -0.4 is 10.6 Å². The Morgan fingerprint density at radius 2 is 2.14 bits per heavy atom. The molecule has 0 saturated carbocycles. The van der Waals surface area contributed by atoms with Crippen LogP contribution in [0.15, 0.2) is 24.3 Å². The van der Waals surface area contributed by atoms with Crippen molar-refractivity contribution in [3.63, 3.8) is 0 Å². The zero-order valence-electron chi connectivity index (χ0n) is 13.7. The summed E-state index contributed by atoms with van der Waals surface area (Å²) in [5.74, 6) is 0.156. The largest absolute Gasteiger partial charge is 0.353 e. The lowest BCUT2D eigenvalue weighted by Crippen LogP contribution is -2.54. The Labute approximate surface area is 133 Å². The highest BCUT2D eigenvalue weighted by Crippen LogP contribution is 2.25. The van der Waals surface area contributed by atoms with Crippen molar-refractivity contribution >= 4 is 5.91 Å². The third kappa shape index (κ3) is 3.33. The average molecular weight is 301 g/mol. The predicted molar refractivity (Wildman–Crippen MR) is 88.7 cm³/mol. The van der Waals surface area contributed by atoms with Gasteiger partial charge in [0.1, 0.15) is 0 Å². The highest BCUT2D eigenvalue weighted by atomic mass is 16.2. The van der Waals surface area contributed by atoms with E-state index in [1.165, 1.54) is 11.1 Å². The molecule has 4 nitrogen and oxygen atoms in total. The van der Waals surface area contributed by atoms with Crippen LogP contribution in [0.1, 0.15) is 37.8 Å². The van der Waals surface area contributed by atoms with E-state index in [2.05, 4.69) is 53.6 Å². The molecule has 0 aromatic heterocycles. The minimum atomic E-state index is -0.0260. The Bertz CT molecular complexity index is 535. The van der Waals surface area contributed by atoms with Gasteiger partial charge in [-0.05, 0) is 50.8 Å². The van der Waals surface area contributed by atoms with Crippen molar-refractivity contribution in [2.75, 3.05) is 19.6 Å². The van der Waals surface area contributed by atoms with Crippen LogP contribution in [0, 0.1) is 0 Å². The first kappa shape index (κ1) is 15.5. The molecule has 1 saturated heterocycles. The van der Waals surface area contributed by atoms with Crippen LogP contribution in [-0.4, -0.2) is 42.0 Å². The van der Waals surface area contributed by atoms with Crippen molar-refractivity contribution in [3.8, 4) is 0 Å². The topological polar surface area (TPSA) is 44.4 Å². The van der Waals surface area contributed by atoms with E-state index in [0.29, 0.717) is 6.54 Å². The minimum Gasteiger partial charge on any atom is -0.353 e. The number of carbonyl (C=O) groups is 1. The molecular formula is C18H27N3O. The number of hydrogen-bond donors (Lipinski definition) is 2. The van der Waals surface area contributed by atoms with Crippen LogP contribution in [0.2, 0.25) is 0 Å². The van der Waals surface area contributed by atoms with Gasteiger partial charge in [0.25, 0.3) is 0 Å². The smallest absolute Gasteiger partial charge is 0.237 e. The van der Waals surface area contributed by atoms with Crippen LogP contribution in [0.4, 0.5) is 0 Å². The third-order valence-electron chi connectivity index (χ3n) is 5.06. The summed E-state index contributed by atoms with van der Waals surface area (Å²) in [5.41, 5.74) is 2.86. The monoisotopic (exact) mass is 301 g/mol. The number of amides is 1. The van der Waals surface area contributed by atoms with Crippen LogP contribution in [0.5, 0.6) is 0 Å². The van der Waals surface area contributed by atoms with Crippen molar-refractivity contribution in [3.05, 3.63) is 35.4 Å². The van der Waals surface area contributed by atoms with E-state index in [9.17, 15) is 4.79 Å². The zero-order valence-corrected chi connectivity index (χ0v) is 13.7. The predicted octanol–water partition coefficient (Wildman–Crippen LogP) is 1.69. The van der Waals surface area contributed by atoms with Gasteiger partial charge in [0.2, 0.25) is 5.91 Å². The fourth-order valence-electron chi connectivity index (χ4n) is 3.46. The van der Waals surface area contributed by atoms with E-state index in [4.69, 9.17) is 0 Å². The highest BCUT2D eigenvalue weighted by molar-refractivity contribution is 5.82. The second-order valence-corrected chi connectivity index (χ2v) is 7.12. The summed E-state index contributed by atoms with van der Waals surface area (Å²) < 4.78 is 0. The molecule has 4 heteroatoms. The molecule has 1 fully saturated rings. The fraction of sp³-hybridized carbons (Fsp3) is 0.611. The summed E-state index contributed by atoms with van der Waals surface area (Å²) in [5, 5.41) is 6.40.